The molecule has 2 aromatic heterocycles. The number of halogens is 3. The van der Waals surface area contributed by atoms with E-state index < -0.39 is 27.4 Å². The van der Waals surface area contributed by atoms with Gasteiger partial charge in [-0.05, 0) is 36.6 Å². The van der Waals surface area contributed by atoms with Crippen LogP contribution in [0.2, 0.25) is 5.02 Å². The largest absolute Gasteiger partial charge is 0.477 e. The summed E-state index contributed by atoms with van der Waals surface area (Å²) in [7, 11) is -4.14. The van der Waals surface area contributed by atoms with Gasteiger partial charge in [-0.3, -0.25) is 0 Å². The molecule has 0 atom stereocenters. The van der Waals surface area contributed by atoms with Crippen LogP contribution in [0.15, 0.2) is 56.7 Å². The minimum Gasteiger partial charge on any atom is -0.477 e. The second-order valence-corrected chi connectivity index (χ2v) is 11.1. The van der Waals surface area contributed by atoms with E-state index in [1.807, 2.05) is 0 Å². The summed E-state index contributed by atoms with van der Waals surface area (Å²) in [4.78, 5) is 15.0. The van der Waals surface area contributed by atoms with Gasteiger partial charge < -0.3 is 9.67 Å². The van der Waals surface area contributed by atoms with Crippen LogP contribution in [0, 0.1) is 11.6 Å². The molecule has 4 rings (SSSR count). The van der Waals surface area contributed by atoms with Crippen molar-refractivity contribution in [2.75, 3.05) is 6.26 Å². The summed E-state index contributed by atoms with van der Waals surface area (Å²) in [6, 6.07) is 7.14. The molecule has 0 radical (unpaired) electrons. The van der Waals surface area contributed by atoms with E-state index in [1.165, 1.54) is 29.1 Å². The van der Waals surface area contributed by atoms with Gasteiger partial charge >= 0.3 is 5.97 Å². The standard InChI is InChI=1S/C20H13ClF2N2O4S3/c1-30-20-17(7-16(31-20)19(26)27)32(28,29)10-5-12(21)18-15(6-10)25(9-24-18)8-11-13(22)3-2-4-14(11)23/h2-7,9H,8H2,1H3,(H,26,27). The Morgan fingerprint density at radius 3 is 2.56 bits per heavy atom. The van der Waals surface area contributed by atoms with Crippen LogP contribution in [-0.2, 0) is 16.4 Å². The number of imidazole rings is 1. The number of hydrogen-bond acceptors (Lipinski definition) is 6. The smallest absolute Gasteiger partial charge is 0.345 e. The zero-order valence-electron chi connectivity index (χ0n) is 16.2. The first kappa shape index (κ1) is 22.7. The van der Waals surface area contributed by atoms with Crippen LogP contribution >= 0.6 is 34.7 Å². The number of aromatic carboxylic acids is 1. The van der Waals surface area contributed by atoms with Crippen LogP contribution in [0.4, 0.5) is 8.78 Å². The number of aromatic nitrogens is 2. The highest BCUT2D eigenvalue weighted by Gasteiger charge is 2.27. The summed E-state index contributed by atoms with van der Waals surface area (Å²) in [6.45, 7) is -0.230. The Hall–Kier alpha value is -2.47. The second kappa shape index (κ2) is 8.47. The molecule has 0 aliphatic rings. The molecule has 0 amide bonds. The molecule has 0 spiro atoms. The van der Waals surface area contributed by atoms with Crippen LogP contribution in [0.5, 0.6) is 0 Å². The van der Waals surface area contributed by atoms with Crippen LogP contribution in [0.25, 0.3) is 11.0 Å². The number of fused-ring (bicyclic) bond motifs is 1. The molecule has 166 valence electrons. The molecule has 0 saturated carbocycles. The molecule has 0 saturated heterocycles. The first-order valence-electron chi connectivity index (χ1n) is 8.87. The Balaban J connectivity index is 1.86. The molecule has 2 aromatic carbocycles. The number of benzene rings is 2. The summed E-state index contributed by atoms with van der Waals surface area (Å²) >= 11 is 8.25. The van der Waals surface area contributed by atoms with Gasteiger partial charge in [0.05, 0.1) is 37.4 Å². The zero-order chi connectivity index (χ0) is 23.2. The number of carbonyl (C=O) groups is 1. The summed E-state index contributed by atoms with van der Waals surface area (Å²) in [5.74, 6) is -2.72. The Morgan fingerprint density at radius 2 is 1.94 bits per heavy atom. The molecule has 4 aromatic rings. The van der Waals surface area contributed by atoms with Gasteiger partial charge in [0.15, 0.2) is 0 Å². The lowest BCUT2D eigenvalue weighted by molar-refractivity contribution is 0.0702. The topological polar surface area (TPSA) is 89.3 Å². The lowest BCUT2D eigenvalue weighted by atomic mass is 10.2. The van der Waals surface area contributed by atoms with E-state index in [4.69, 9.17) is 11.6 Å². The van der Waals surface area contributed by atoms with E-state index >= 15 is 0 Å². The van der Waals surface area contributed by atoms with Crippen molar-refractivity contribution in [3.8, 4) is 0 Å². The van der Waals surface area contributed by atoms with Crippen molar-refractivity contribution >= 4 is 61.5 Å². The van der Waals surface area contributed by atoms with Crippen LogP contribution in [-0.4, -0.2) is 35.3 Å². The maximum atomic E-state index is 14.1. The first-order valence-corrected chi connectivity index (χ1v) is 12.8. The molecule has 0 fully saturated rings. The number of thioether (sulfide) groups is 1. The van der Waals surface area contributed by atoms with E-state index in [2.05, 4.69) is 4.98 Å². The fraction of sp³-hybridized carbons (Fsp3) is 0.100. The summed E-state index contributed by atoms with van der Waals surface area (Å²) in [5.41, 5.74) is 0.326. The average Bonchev–Trinajstić information content (AvgIpc) is 3.36. The van der Waals surface area contributed by atoms with Crippen molar-refractivity contribution in [3.05, 3.63) is 69.8 Å². The predicted octanol–water partition coefficient (Wildman–Crippen LogP) is 5.33. The van der Waals surface area contributed by atoms with Gasteiger partial charge in [0.25, 0.3) is 0 Å². The summed E-state index contributed by atoms with van der Waals surface area (Å²) in [6.07, 6.45) is 2.96. The van der Waals surface area contributed by atoms with Crippen molar-refractivity contribution in [3.63, 3.8) is 0 Å². The Morgan fingerprint density at radius 1 is 1.25 bits per heavy atom. The van der Waals surface area contributed by atoms with Gasteiger partial charge in [-0.1, -0.05) is 17.7 Å². The summed E-state index contributed by atoms with van der Waals surface area (Å²) < 4.78 is 56.6. The minimum atomic E-state index is -4.14. The number of rotatable bonds is 6. The van der Waals surface area contributed by atoms with Gasteiger partial charge in [0, 0.05) is 5.56 Å². The number of thiophene rings is 1. The molecule has 0 unspecified atom stereocenters. The number of nitrogens with zero attached hydrogens (tertiary/aromatic N) is 2. The molecule has 6 nitrogen and oxygen atoms in total. The van der Waals surface area contributed by atoms with Crippen molar-refractivity contribution in [1.29, 1.82) is 0 Å². The molecule has 32 heavy (non-hydrogen) atoms. The van der Waals surface area contributed by atoms with Crippen molar-refractivity contribution in [2.45, 2.75) is 20.5 Å². The summed E-state index contributed by atoms with van der Waals surface area (Å²) in [5, 5.41) is 9.28. The highest BCUT2D eigenvalue weighted by atomic mass is 35.5. The maximum Gasteiger partial charge on any atom is 0.345 e. The first-order chi connectivity index (χ1) is 15.1. The van der Waals surface area contributed by atoms with Gasteiger partial charge in [-0.25, -0.2) is 27.0 Å². The maximum absolute atomic E-state index is 14.1. The predicted molar refractivity (Wildman–Crippen MR) is 119 cm³/mol. The number of hydrogen-bond donors (Lipinski definition) is 1. The highest BCUT2D eigenvalue weighted by Crippen LogP contribution is 2.38. The van der Waals surface area contributed by atoms with Crippen molar-refractivity contribution in [2.24, 2.45) is 0 Å². The minimum absolute atomic E-state index is 0.0354. The van der Waals surface area contributed by atoms with E-state index in [1.54, 1.807) is 6.26 Å². The molecule has 2 heterocycles. The fourth-order valence-corrected chi connectivity index (χ4v) is 7.36. The third-order valence-corrected chi connectivity index (χ3v) is 9.27. The molecule has 0 aliphatic heterocycles. The number of carboxylic acids is 1. The van der Waals surface area contributed by atoms with E-state index in [0.29, 0.717) is 4.21 Å². The number of sulfone groups is 1. The third-order valence-electron chi connectivity index (χ3n) is 4.70. The molecule has 0 aliphatic carbocycles. The monoisotopic (exact) mass is 514 g/mol. The molecular formula is C20H13ClF2N2O4S3. The average molecular weight is 515 g/mol. The van der Waals surface area contributed by atoms with E-state index in [-0.39, 0.29) is 42.8 Å². The molecule has 0 bridgehead atoms. The Labute approximate surface area is 194 Å². The lowest BCUT2D eigenvalue weighted by Crippen LogP contribution is -2.05. The van der Waals surface area contributed by atoms with Crippen LogP contribution in [0.1, 0.15) is 15.2 Å². The third kappa shape index (κ3) is 3.90. The van der Waals surface area contributed by atoms with Gasteiger partial charge in [-0.2, -0.15) is 0 Å². The Bertz CT molecular complexity index is 1460. The quantitative estimate of drug-likeness (QED) is 0.350. The van der Waals surface area contributed by atoms with E-state index in [0.717, 1.165) is 41.3 Å². The lowest BCUT2D eigenvalue weighted by Gasteiger charge is -2.09. The fourth-order valence-electron chi connectivity index (χ4n) is 3.15. The Kier molecular flexibility index (Phi) is 6.01. The molecule has 12 heteroatoms. The van der Waals surface area contributed by atoms with Gasteiger partial charge in [0.2, 0.25) is 9.84 Å². The van der Waals surface area contributed by atoms with Crippen LogP contribution < -0.4 is 0 Å². The van der Waals surface area contributed by atoms with Crippen LogP contribution in [0.3, 0.4) is 0 Å². The molecular weight excluding hydrogens is 502 g/mol. The SMILES string of the molecule is CSc1sc(C(=O)O)cc1S(=O)(=O)c1cc(Cl)c2ncn(Cc3c(F)cccc3F)c2c1. The van der Waals surface area contributed by atoms with Crippen molar-refractivity contribution in [1.82, 2.24) is 9.55 Å². The van der Waals surface area contributed by atoms with Gasteiger partial charge in [-0.15, -0.1) is 23.1 Å². The normalized spacial score (nSPS) is 11.9. The van der Waals surface area contributed by atoms with Gasteiger partial charge in [0.1, 0.15) is 22.0 Å². The molecule has 1 N–H and O–H groups in total. The number of carboxylic acid groups (broad SMARTS) is 1. The second-order valence-electron chi connectivity index (χ2n) is 6.62. The highest BCUT2D eigenvalue weighted by molar-refractivity contribution is 8.01. The van der Waals surface area contributed by atoms with Crippen molar-refractivity contribution < 1.29 is 27.1 Å². The van der Waals surface area contributed by atoms with E-state index in [9.17, 15) is 27.1 Å². The zero-order valence-corrected chi connectivity index (χ0v) is 19.4.